The summed E-state index contributed by atoms with van der Waals surface area (Å²) < 4.78 is 0. The van der Waals surface area contributed by atoms with E-state index in [2.05, 4.69) is 24.1 Å². The molecule has 1 aromatic rings. The monoisotopic (exact) mass is 268 g/mol. The molecule has 4 nitrogen and oxygen atoms in total. The molecule has 0 atom stereocenters. The quantitative estimate of drug-likeness (QED) is 0.860. The molecule has 1 aliphatic rings. The van der Waals surface area contributed by atoms with Crippen LogP contribution in [-0.4, -0.2) is 22.6 Å². The molecule has 1 aromatic heterocycles. The Morgan fingerprint density at radius 2 is 2.28 bits per heavy atom. The number of halogens is 1. The summed E-state index contributed by atoms with van der Waals surface area (Å²) in [5.74, 6) is 0.174. The highest BCUT2D eigenvalue weighted by Gasteiger charge is 2.45. The molecular formula is C13H17ClN2O2. The number of hydrogen-bond donors (Lipinski definition) is 2. The van der Waals surface area contributed by atoms with E-state index in [4.69, 9.17) is 16.7 Å². The van der Waals surface area contributed by atoms with Crippen LogP contribution >= 0.6 is 11.6 Å². The number of anilines is 1. The molecular weight excluding hydrogens is 252 g/mol. The van der Waals surface area contributed by atoms with Crippen molar-refractivity contribution in [3.8, 4) is 0 Å². The molecule has 0 saturated heterocycles. The van der Waals surface area contributed by atoms with Crippen molar-refractivity contribution < 1.29 is 9.90 Å². The highest BCUT2D eigenvalue weighted by Crippen LogP contribution is 2.51. The summed E-state index contributed by atoms with van der Waals surface area (Å²) in [5, 5.41) is 12.4. The van der Waals surface area contributed by atoms with E-state index in [0.29, 0.717) is 22.2 Å². The summed E-state index contributed by atoms with van der Waals surface area (Å²) in [6, 6.07) is 1.42. The third-order valence-electron chi connectivity index (χ3n) is 3.81. The fourth-order valence-electron chi connectivity index (χ4n) is 2.06. The Labute approximate surface area is 111 Å². The molecule has 0 amide bonds. The van der Waals surface area contributed by atoms with Crippen molar-refractivity contribution in [1.29, 1.82) is 0 Å². The minimum Gasteiger partial charge on any atom is -0.478 e. The number of carbonyl (C=O) groups is 1. The molecule has 1 heterocycles. The first kappa shape index (κ1) is 13.1. The van der Waals surface area contributed by atoms with Crippen LogP contribution < -0.4 is 5.32 Å². The summed E-state index contributed by atoms with van der Waals surface area (Å²) in [4.78, 5) is 14.8. The van der Waals surface area contributed by atoms with E-state index >= 15 is 0 Å². The first-order chi connectivity index (χ1) is 8.44. The summed E-state index contributed by atoms with van der Waals surface area (Å²) >= 11 is 6.01. The minimum atomic E-state index is -1.02. The number of carboxylic acids is 1. The fourth-order valence-corrected chi connectivity index (χ4v) is 2.30. The highest BCUT2D eigenvalue weighted by molar-refractivity contribution is 6.33. The minimum absolute atomic E-state index is 0.107. The number of hydrogen-bond acceptors (Lipinski definition) is 3. The number of nitrogens with one attached hydrogen (secondary N) is 1. The smallest absolute Gasteiger partial charge is 0.337 e. The number of aromatic carboxylic acids is 1. The molecule has 2 N–H and O–H groups in total. The Morgan fingerprint density at radius 3 is 2.72 bits per heavy atom. The molecule has 1 aliphatic carbocycles. The zero-order chi connectivity index (χ0) is 13.3. The van der Waals surface area contributed by atoms with E-state index in [-0.39, 0.29) is 5.56 Å². The third kappa shape index (κ3) is 2.58. The maximum absolute atomic E-state index is 10.8. The number of pyridine rings is 1. The van der Waals surface area contributed by atoms with Gasteiger partial charge in [0.1, 0.15) is 5.82 Å². The molecule has 5 heteroatoms. The Kier molecular flexibility index (Phi) is 3.48. The van der Waals surface area contributed by atoms with Crippen LogP contribution in [0.1, 0.15) is 37.0 Å². The predicted octanol–water partition coefficient (Wildman–Crippen LogP) is 3.28. The summed E-state index contributed by atoms with van der Waals surface area (Å²) in [6.07, 6.45) is 3.77. The number of rotatable bonds is 5. The standard InChI is InChI=1S/C13H17ClN2O2/c1-8(2)13(3-4-13)7-16-11-10(14)5-9(6-15-11)12(17)18/h5-6,8H,3-4,7H2,1-2H3,(H,15,16)(H,17,18). The van der Waals surface area contributed by atoms with Crippen molar-refractivity contribution in [3.63, 3.8) is 0 Å². The van der Waals surface area contributed by atoms with Crippen LogP contribution in [0.3, 0.4) is 0 Å². The highest BCUT2D eigenvalue weighted by atomic mass is 35.5. The molecule has 0 radical (unpaired) electrons. The number of nitrogens with zero attached hydrogens (tertiary/aromatic N) is 1. The topological polar surface area (TPSA) is 62.2 Å². The van der Waals surface area contributed by atoms with Crippen LogP contribution in [0.25, 0.3) is 0 Å². The average Bonchev–Trinajstić information content (AvgIpc) is 3.08. The zero-order valence-electron chi connectivity index (χ0n) is 10.5. The van der Waals surface area contributed by atoms with E-state index in [0.717, 1.165) is 6.54 Å². The van der Waals surface area contributed by atoms with Crippen molar-refractivity contribution in [2.45, 2.75) is 26.7 Å². The van der Waals surface area contributed by atoms with Crippen LogP contribution in [0.4, 0.5) is 5.82 Å². The Balaban J connectivity index is 2.04. The van der Waals surface area contributed by atoms with Crippen LogP contribution in [0.15, 0.2) is 12.3 Å². The number of carboxylic acid groups (broad SMARTS) is 1. The summed E-state index contributed by atoms with van der Waals surface area (Å²) in [5.41, 5.74) is 0.465. The van der Waals surface area contributed by atoms with Crippen molar-refractivity contribution in [2.75, 3.05) is 11.9 Å². The van der Waals surface area contributed by atoms with Gasteiger partial charge in [0.2, 0.25) is 0 Å². The maximum Gasteiger partial charge on any atom is 0.337 e. The summed E-state index contributed by atoms with van der Waals surface area (Å²) in [7, 11) is 0. The van der Waals surface area contributed by atoms with E-state index in [1.165, 1.54) is 25.1 Å². The van der Waals surface area contributed by atoms with Gasteiger partial charge in [0.25, 0.3) is 0 Å². The summed E-state index contributed by atoms with van der Waals surface area (Å²) in [6.45, 7) is 5.28. The molecule has 0 aromatic carbocycles. The molecule has 1 fully saturated rings. The van der Waals surface area contributed by atoms with Gasteiger partial charge in [0.05, 0.1) is 10.6 Å². The van der Waals surface area contributed by atoms with Gasteiger partial charge < -0.3 is 10.4 Å². The van der Waals surface area contributed by atoms with Crippen molar-refractivity contribution >= 4 is 23.4 Å². The van der Waals surface area contributed by atoms with Crippen LogP contribution in [-0.2, 0) is 0 Å². The van der Waals surface area contributed by atoms with E-state index < -0.39 is 5.97 Å². The normalized spacial score (nSPS) is 16.7. The second-order valence-corrected chi connectivity index (χ2v) is 5.64. The van der Waals surface area contributed by atoms with Crippen LogP contribution in [0.5, 0.6) is 0 Å². The third-order valence-corrected chi connectivity index (χ3v) is 4.10. The number of aromatic nitrogens is 1. The molecule has 18 heavy (non-hydrogen) atoms. The van der Waals surface area contributed by atoms with Gasteiger partial charge in [0, 0.05) is 12.7 Å². The first-order valence-corrected chi connectivity index (χ1v) is 6.45. The lowest BCUT2D eigenvalue weighted by Gasteiger charge is -2.20. The van der Waals surface area contributed by atoms with Crippen LogP contribution in [0.2, 0.25) is 5.02 Å². The van der Waals surface area contributed by atoms with Gasteiger partial charge in [-0.2, -0.15) is 0 Å². The zero-order valence-corrected chi connectivity index (χ0v) is 11.3. The van der Waals surface area contributed by atoms with Gasteiger partial charge in [-0.05, 0) is 30.2 Å². The second-order valence-electron chi connectivity index (χ2n) is 5.23. The lowest BCUT2D eigenvalue weighted by molar-refractivity contribution is 0.0696. The van der Waals surface area contributed by atoms with E-state index in [1.54, 1.807) is 0 Å². The second kappa shape index (κ2) is 4.76. The predicted molar refractivity (Wildman–Crippen MR) is 71.2 cm³/mol. The van der Waals surface area contributed by atoms with Crippen LogP contribution in [0, 0.1) is 11.3 Å². The Hall–Kier alpha value is -1.29. The lowest BCUT2D eigenvalue weighted by Crippen LogP contribution is -2.21. The molecule has 0 unspecified atom stereocenters. The van der Waals surface area contributed by atoms with Crippen molar-refractivity contribution in [3.05, 3.63) is 22.8 Å². The molecule has 2 rings (SSSR count). The molecule has 1 saturated carbocycles. The van der Waals surface area contributed by atoms with Gasteiger partial charge >= 0.3 is 5.97 Å². The van der Waals surface area contributed by atoms with Gasteiger partial charge in [-0.3, -0.25) is 0 Å². The Morgan fingerprint density at radius 1 is 1.61 bits per heavy atom. The van der Waals surface area contributed by atoms with Gasteiger partial charge in [-0.1, -0.05) is 25.4 Å². The lowest BCUT2D eigenvalue weighted by atomic mass is 9.92. The molecule has 0 spiro atoms. The first-order valence-electron chi connectivity index (χ1n) is 6.07. The maximum atomic E-state index is 10.8. The average molecular weight is 269 g/mol. The van der Waals surface area contributed by atoms with Crippen molar-refractivity contribution in [1.82, 2.24) is 4.98 Å². The molecule has 98 valence electrons. The van der Waals surface area contributed by atoms with Gasteiger partial charge in [-0.25, -0.2) is 9.78 Å². The van der Waals surface area contributed by atoms with Crippen molar-refractivity contribution in [2.24, 2.45) is 11.3 Å². The SMILES string of the molecule is CC(C)C1(CNc2ncc(C(=O)O)cc2Cl)CC1. The van der Waals surface area contributed by atoms with Gasteiger partial charge in [-0.15, -0.1) is 0 Å². The Bertz CT molecular complexity index is 470. The molecule has 0 bridgehead atoms. The fraction of sp³-hybridized carbons (Fsp3) is 0.538. The van der Waals surface area contributed by atoms with E-state index in [9.17, 15) is 4.79 Å². The molecule has 0 aliphatic heterocycles. The largest absolute Gasteiger partial charge is 0.478 e. The van der Waals surface area contributed by atoms with Gasteiger partial charge in [0.15, 0.2) is 0 Å². The van der Waals surface area contributed by atoms with E-state index in [1.807, 2.05) is 0 Å².